The summed E-state index contributed by atoms with van der Waals surface area (Å²) in [6.07, 6.45) is 7.67. The van der Waals surface area contributed by atoms with Crippen molar-refractivity contribution in [2.24, 2.45) is 28.6 Å². The molecule has 0 aromatic heterocycles. The van der Waals surface area contributed by atoms with Crippen molar-refractivity contribution < 1.29 is 14.6 Å². The minimum Gasteiger partial charge on any atom is -0.465 e. The zero-order chi connectivity index (χ0) is 15.5. The number of rotatable bonds is 1. The Morgan fingerprint density at radius 2 is 2.05 bits per heavy atom. The van der Waals surface area contributed by atoms with Crippen molar-refractivity contribution in [3.63, 3.8) is 0 Å². The molecular weight excluding hydrogens is 276 g/mol. The SMILES string of the molecule is C[C@]1(CO)CCC2=C1CC[C@H]1[C@H]2CC[C@H]2CC(=O)OC[C@@]21C. The number of aliphatic hydroxyl groups excluding tert-OH is 1. The molecule has 3 heteroatoms. The molecule has 1 saturated heterocycles. The van der Waals surface area contributed by atoms with Gasteiger partial charge in [0.25, 0.3) is 0 Å². The summed E-state index contributed by atoms with van der Waals surface area (Å²) in [6.45, 7) is 5.52. The number of carbonyl (C=O) groups is 1. The molecule has 1 aliphatic heterocycles. The van der Waals surface area contributed by atoms with Crippen molar-refractivity contribution >= 4 is 5.97 Å². The summed E-state index contributed by atoms with van der Waals surface area (Å²) in [7, 11) is 0. The zero-order valence-electron chi connectivity index (χ0n) is 13.9. The van der Waals surface area contributed by atoms with Gasteiger partial charge in [0.1, 0.15) is 0 Å². The van der Waals surface area contributed by atoms with Crippen LogP contribution in [0.25, 0.3) is 0 Å². The highest BCUT2D eigenvalue weighted by Gasteiger charge is 2.55. The molecule has 0 radical (unpaired) electrons. The maximum Gasteiger partial charge on any atom is 0.306 e. The Morgan fingerprint density at radius 3 is 2.82 bits per heavy atom. The second-order valence-corrected chi connectivity index (χ2v) is 8.62. The lowest BCUT2D eigenvalue weighted by molar-refractivity contribution is -0.170. The van der Waals surface area contributed by atoms with Crippen LogP contribution in [0.1, 0.15) is 58.8 Å². The third-order valence-electron chi connectivity index (χ3n) is 7.61. The number of hydrogen-bond donors (Lipinski definition) is 1. The molecular formula is C19H28O3. The number of ether oxygens (including phenoxy) is 1. The van der Waals surface area contributed by atoms with Crippen LogP contribution < -0.4 is 0 Å². The van der Waals surface area contributed by atoms with Gasteiger partial charge in [-0.15, -0.1) is 0 Å². The third-order valence-corrected chi connectivity index (χ3v) is 7.61. The number of cyclic esters (lactones) is 1. The number of allylic oxidation sites excluding steroid dienone is 1. The van der Waals surface area contributed by atoms with E-state index in [0.29, 0.717) is 37.4 Å². The predicted octanol–water partition coefficient (Wildman–Crippen LogP) is 3.46. The van der Waals surface area contributed by atoms with Crippen molar-refractivity contribution in [3.8, 4) is 0 Å². The summed E-state index contributed by atoms with van der Waals surface area (Å²) in [6, 6.07) is 0. The number of fused-ring (bicyclic) bond motifs is 4. The van der Waals surface area contributed by atoms with Crippen molar-refractivity contribution in [1.82, 2.24) is 0 Å². The van der Waals surface area contributed by atoms with Crippen molar-refractivity contribution in [2.45, 2.75) is 58.8 Å². The molecule has 0 bridgehead atoms. The molecule has 0 unspecified atom stereocenters. The second-order valence-electron chi connectivity index (χ2n) is 8.62. The minimum absolute atomic E-state index is 0.00496. The molecule has 3 aliphatic carbocycles. The van der Waals surface area contributed by atoms with Crippen LogP contribution in [0.5, 0.6) is 0 Å². The van der Waals surface area contributed by atoms with Gasteiger partial charge in [-0.3, -0.25) is 4.79 Å². The first-order chi connectivity index (χ1) is 10.5. The van der Waals surface area contributed by atoms with Crippen molar-refractivity contribution in [2.75, 3.05) is 13.2 Å². The maximum absolute atomic E-state index is 11.7. The first-order valence-electron chi connectivity index (χ1n) is 8.97. The fourth-order valence-electron chi connectivity index (χ4n) is 6.12. The van der Waals surface area contributed by atoms with E-state index in [9.17, 15) is 9.90 Å². The van der Waals surface area contributed by atoms with Crippen LogP contribution in [0.4, 0.5) is 0 Å². The van der Waals surface area contributed by atoms with Crippen LogP contribution in [-0.2, 0) is 9.53 Å². The quantitative estimate of drug-likeness (QED) is 0.596. The van der Waals surface area contributed by atoms with E-state index in [4.69, 9.17) is 4.74 Å². The molecule has 3 nitrogen and oxygen atoms in total. The number of hydrogen-bond acceptors (Lipinski definition) is 3. The Labute approximate surface area is 133 Å². The van der Waals surface area contributed by atoms with Gasteiger partial charge in [0.15, 0.2) is 0 Å². The summed E-state index contributed by atoms with van der Waals surface area (Å²) >= 11 is 0. The standard InChI is InChI=1S/C19H28O3/c1-18(10-20)8-7-14-13-4-3-12-9-17(21)22-11-19(12,2)16(13)6-5-15(14)18/h12-13,16,20H,3-11H2,1-2H3/t12-,13-,16-,18+,19-/m0/s1. The lowest BCUT2D eigenvalue weighted by Gasteiger charge is -2.55. The van der Waals surface area contributed by atoms with Crippen molar-refractivity contribution in [3.05, 3.63) is 11.1 Å². The van der Waals surface area contributed by atoms with Gasteiger partial charge in [0, 0.05) is 17.3 Å². The Hall–Kier alpha value is -0.830. The number of aliphatic hydroxyl groups is 1. The van der Waals surface area contributed by atoms with Gasteiger partial charge in [-0.25, -0.2) is 0 Å². The summed E-state index contributed by atoms with van der Waals surface area (Å²) in [5.74, 6) is 1.86. The van der Waals surface area contributed by atoms with E-state index in [2.05, 4.69) is 13.8 Å². The summed E-state index contributed by atoms with van der Waals surface area (Å²) in [5, 5.41) is 9.84. The minimum atomic E-state index is 0.00496. The number of carbonyl (C=O) groups excluding carboxylic acids is 1. The summed E-state index contributed by atoms with van der Waals surface area (Å²) in [5.41, 5.74) is 3.46. The van der Waals surface area contributed by atoms with E-state index in [1.54, 1.807) is 11.1 Å². The first kappa shape index (κ1) is 14.7. The van der Waals surface area contributed by atoms with Crippen LogP contribution in [0.2, 0.25) is 0 Å². The molecule has 4 aliphatic rings. The normalized spacial score (nSPS) is 47.6. The molecule has 0 amide bonds. The fourth-order valence-corrected chi connectivity index (χ4v) is 6.12. The van der Waals surface area contributed by atoms with Gasteiger partial charge in [-0.1, -0.05) is 25.0 Å². The monoisotopic (exact) mass is 304 g/mol. The summed E-state index contributed by atoms with van der Waals surface area (Å²) in [4.78, 5) is 11.7. The Kier molecular flexibility index (Phi) is 3.24. The average molecular weight is 304 g/mol. The largest absolute Gasteiger partial charge is 0.465 e. The van der Waals surface area contributed by atoms with Crippen LogP contribution in [-0.4, -0.2) is 24.3 Å². The first-order valence-corrected chi connectivity index (χ1v) is 8.97. The van der Waals surface area contributed by atoms with E-state index in [1.807, 2.05) is 0 Å². The molecule has 0 aromatic rings. The van der Waals surface area contributed by atoms with Gasteiger partial charge >= 0.3 is 5.97 Å². The van der Waals surface area contributed by atoms with E-state index in [-0.39, 0.29) is 16.8 Å². The highest BCUT2D eigenvalue weighted by atomic mass is 16.5. The van der Waals surface area contributed by atoms with Crippen LogP contribution in [0, 0.1) is 28.6 Å². The number of esters is 1. The Bertz CT molecular complexity index is 537. The molecule has 0 aromatic carbocycles. The molecule has 122 valence electrons. The van der Waals surface area contributed by atoms with E-state index in [1.165, 1.54) is 25.7 Å². The molecule has 4 rings (SSSR count). The fraction of sp³-hybridized carbons (Fsp3) is 0.842. The van der Waals surface area contributed by atoms with Crippen LogP contribution in [0.15, 0.2) is 11.1 Å². The van der Waals surface area contributed by atoms with Gasteiger partial charge in [-0.2, -0.15) is 0 Å². The van der Waals surface area contributed by atoms with Gasteiger partial charge in [-0.05, 0) is 56.3 Å². The molecule has 1 N–H and O–H groups in total. The average Bonchev–Trinajstić information content (AvgIpc) is 2.86. The molecule has 22 heavy (non-hydrogen) atoms. The Balaban J connectivity index is 1.67. The van der Waals surface area contributed by atoms with Gasteiger partial charge in [0.2, 0.25) is 0 Å². The maximum atomic E-state index is 11.7. The molecule has 2 fully saturated rings. The molecule has 1 heterocycles. The molecule has 5 atom stereocenters. The van der Waals surface area contributed by atoms with Crippen LogP contribution >= 0.6 is 0 Å². The molecule has 1 saturated carbocycles. The highest BCUT2D eigenvalue weighted by molar-refractivity contribution is 5.70. The van der Waals surface area contributed by atoms with E-state index in [0.717, 1.165) is 12.8 Å². The predicted molar refractivity (Wildman–Crippen MR) is 84.1 cm³/mol. The third kappa shape index (κ3) is 1.87. The lowest BCUT2D eigenvalue weighted by Crippen LogP contribution is -2.51. The van der Waals surface area contributed by atoms with E-state index < -0.39 is 0 Å². The van der Waals surface area contributed by atoms with Gasteiger partial charge in [0.05, 0.1) is 13.2 Å². The Morgan fingerprint density at radius 1 is 1.23 bits per heavy atom. The lowest BCUT2D eigenvalue weighted by atomic mass is 9.51. The molecule has 0 spiro atoms. The smallest absolute Gasteiger partial charge is 0.306 e. The van der Waals surface area contributed by atoms with Crippen LogP contribution in [0.3, 0.4) is 0 Å². The van der Waals surface area contributed by atoms with Gasteiger partial charge < -0.3 is 9.84 Å². The topological polar surface area (TPSA) is 46.5 Å². The highest BCUT2D eigenvalue weighted by Crippen LogP contribution is 2.61. The summed E-state index contributed by atoms with van der Waals surface area (Å²) < 4.78 is 5.48. The second kappa shape index (κ2) is 4.83. The zero-order valence-corrected chi connectivity index (χ0v) is 13.9. The van der Waals surface area contributed by atoms with Crippen molar-refractivity contribution in [1.29, 1.82) is 0 Å². The van der Waals surface area contributed by atoms with E-state index >= 15 is 0 Å².